The van der Waals surface area contributed by atoms with Gasteiger partial charge in [-0.2, -0.15) is 0 Å². The highest BCUT2D eigenvalue weighted by molar-refractivity contribution is 5.68. The number of hydrogen-bond donors (Lipinski definition) is 1. The van der Waals surface area contributed by atoms with E-state index in [1.165, 1.54) is 11.1 Å². The van der Waals surface area contributed by atoms with Crippen molar-refractivity contribution in [3.8, 4) is 0 Å². The van der Waals surface area contributed by atoms with E-state index in [0.717, 1.165) is 24.8 Å². The van der Waals surface area contributed by atoms with Gasteiger partial charge in [-0.3, -0.25) is 4.79 Å². The maximum Gasteiger partial charge on any atom is 0.307 e. The van der Waals surface area contributed by atoms with Gasteiger partial charge in [0.1, 0.15) is 0 Å². The highest BCUT2D eigenvalue weighted by Crippen LogP contribution is 2.34. The van der Waals surface area contributed by atoms with Crippen molar-refractivity contribution in [1.82, 2.24) is 0 Å². The molecule has 0 bridgehead atoms. The van der Waals surface area contributed by atoms with Crippen molar-refractivity contribution in [1.29, 1.82) is 0 Å². The second-order valence-electron chi connectivity index (χ2n) is 5.73. The lowest BCUT2D eigenvalue weighted by Crippen LogP contribution is -2.13. The Morgan fingerprint density at radius 2 is 2.15 bits per heavy atom. The zero-order valence-electron chi connectivity index (χ0n) is 12.9. The molecule has 2 atom stereocenters. The number of carboxylic acid groups (broad SMARTS) is 1. The summed E-state index contributed by atoms with van der Waals surface area (Å²) in [5.41, 5.74) is 3.95. The minimum absolute atomic E-state index is 0.115. The first-order valence-corrected chi connectivity index (χ1v) is 7.35. The number of rotatable bonds is 7. The van der Waals surface area contributed by atoms with Gasteiger partial charge in [0.25, 0.3) is 0 Å². The molecule has 0 fully saturated rings. The minimum atomic E-state index is -0.772. The van der Waals surface area contributed by atoms with Crippen molar-refractivity contribution < 1.29 is 9.90 Å². The molecule has 1 unspecified atom stereocenters. The summed E-state index contributed by atoms with van der Waals surface area (Å²) in [6.45, 7) is 10.6. The highest BCUT2D eigenvalue weighted by Gasteiger charge is 2.20. The fourth-order valence-electron chi connectivity index (χ4n) is 2.61. The van der Waals surface area contributed by atoms with E-state index in [0.29, 0.717) is 11.8 Å². The summed E-state index contributed by atoms with van der Waals surface area (Å²) in [7, 11) is 0. The van der Waals surface area contributed by atoms with Crippen LogP contribution in [0.3, 0.4) is 0 Å². The number of aliphatic carboxylic acids is 1. The van der Waals surface area contributed by atoms with E-state index in [1.54, 1.807) is 6.08 Å². The lowest BCUT2D eigenvalue weighted by Gasteiger charge is -2.26. The van der Waals surface area contributed by atoms with Gasteiger partial charge < -0.3 is 5.11 Å². The molecule has 2 nitrogen and oxygen atoms in total. The van der Waals surface area contributed by atoms with Crippen molar-refractivity contribution in [3.63, 3.8) is 0 Å². The van der Waals surface area contributed by atoms with Gasteiger partial charge in [0, 0.05) is 0 Å². The van der Waals surface area contributed by atoms with Gasteiger partial charge in [-0.1, -0.05) is 55.9 Å². The van der Waals surface area contributed by atoms with Crippen molar-refractivity contribution in [2.45, 2.75) is 46.5 Å². The van der Waals surface area contributed by atoms with Crippen LogP contribution >= 0.6 is 0 Å². The maximum absolute atomic E-state index is 10.5. The first kappa shape index (κ1) is 16.5. The molecule has 1 aliphatic carbocycles. The number of carbonyl (C=O) groups is 1. The highest BCUT2D eigenvalue weighted by atomic mass is 16.4. The SMILES string of the molecule is C=C(C)C1=C([C@H](C)C(C)C/C=C\CC(=O)O)CCC=C1. The van der Waals surface area contributed by atoms with Crippen LogP contribution in [0.15, 0.2) is 47.6 Å². The molecule has 1 N–H and O–H groups in total. The molecule has 2 heteroatoms. The van der Waals surface area contributed by atoms with Crippen LogP contribution < -0.4 is 0 Å². The van der Waals surface area contributed by atoms with Crippen molar-refractivity contribution in [3.05, 3.63) is 47.6 Å². The van der Waals surface area contributed by atoms with Crippen LogP contribution in [0.5, 0.6) is 0 Å². The third kappa shape index (κ3) is 4.84. The molecular formula is C18H26O2. The third-order valence-corrected chi connectivity index (χ3v) is 4.04. The Balaban J connectivity index is 2.70. The number of carboxylic acids is 1. The molecule has 0 aromatic heterocycles. The van der Waals surface area contributed by atoms with Crippen molar-refractivity contribution in [2.75, 3.05) is 0 Å². The lowest BCUT2D eigenvalue weighted by molar-refractivity contribution is -0.136. The standard InChI is InChI=1S/C18H26O2/c1-13(2)16-10-6-7-11-17(16)15(4)14(3)9-5-8-12-18(19)20/h5-6,8,10,14-15H,1,7,9,11-12H2,2-4H3,(H,19,20)/b8-5-/t14?,15-/m1/s1. The second kappa shape index (κ2) is 7.88. The normalized spacial score (nSPS) is 18.4. The van der Waals surface area contributed by atoms with Gasteiger partial charge in [-0.05, 0) is 43.6 Å². The van der Waals surface area contributed by atoms with Crippen molar-refractivity contribution >= 4 is 5.97 Å². The molecule has 20 heavy (non-hydrogen) atoms. The summed E-state index contributed by atoms with van der Waals surface area (Å²) in [4.78, 5) is 10.5. The van der Waals surface area contributed by atoms with Crippen molar-refractivity contribution in [2.24, 2.45) is 11.8 Å². The van der Waals surface area contributed by atoms with E-state index in [2.05, 4.69) is 39.5 Å². The van der Waals surface area contributed by atoms with Gasteiger partial charge in [0.15, 0.2) is 0 Å². The van der Waals surface area contributed by atoms with Crippen LogP contribution in [-0.2, 0) is 4.79 Å². The molecule has 0 aromatic rings. The molecule has 0 amide bonds. The van der Waals surface area contributed by atoms with Gasteiger partial charge in [0.05, 0.1) is 6.42 Å². The molecule has 0 heterocycles. The molecule has 0 aromatic carbocycles. The van der Waals surface area contributed by atoms with Gasteiger partial charge in [-0.15, -0.1) is 0 Å². The van der Waals surface area contributed by atoms with E-state index in [9.17, 15) is 4.79 Å². The quantitative estimate of drug-likeness (QED) is 0.670. The fourth-order valence-corrected chi connectivity index (χ4v) is 2.61. The fraction of sp³-hybridized carbons (Fsp3) is 0.500. The largest absolute Gasteiger partial charge is 0.481 e. The van der Waals surface area contributed by atoms with Crippen LogP contribution in [0.1, 0.15) is 46.5 Å². The lowest BCUT2D eigenvalue weighted by atomic mass is 9.79. The molecule has 0 spiro atoms. The summed E-state index contributed by atoms with van der Waals surface area (Å²) < 4.78 is 0. The Morgan fingerprint density at radius 3 is 2.75 bits per heavy atom. The zero-order chi connectivity index (χ0) is 15.1. The maximum atomic E-state index is 10.5. The first-order chi connectivity index (χ1) is 9.43. The van der Waals surface area contributed by atoms with Crippen LogP contribution in [0.4, 0.5) is 0 Å². The topological polar surface area (TPSA) is 37.3 Å². The van der Waals surface area contributed by atoms with Gasteiger partial charge in [0.2, 0.25) is 0 Å². The van der Waals surface area contributed by atoms with Crippen LogP contribution in [0.25, 0.3) is 0 Å². The summed E-state index contributed by atoms with van der Waals surface area (Å²) in [6.07, 6.45) is 11.4. The molecule has 1 rings (SSSR count). The van der Waals surface area contributed by atoms with E-state index in [-0.39, 0.29) is 6.42 Å². The molecule has 0 saturated heterocycles. The third-order valence-electron chi connectivity index (χ3n) is 4.04. The zero-order valence-corrected chi connectivity index (χ0v) is 12.9. The average molecular weight is 274 g/mol. The van der Waals surface area contributed by atoms with E-state index in [1.807, 2.05) is 6.08 Å². The number of allylic oxidation sites excluding steroid dienone is 6. The summed E-state index contributed by atoms with van der Waals surface area (Å²) >= 11 is 0. The minimum Gasteiger partial charge on any atom is -0.481 e. The Kier molecular flexibility index (Phi) is 6.50. The monoisotopic (exact) mass is 274 g/mol. The van der Waals surface area contributed by atoms with Gasteiger partial charge in [-0.25, -0.2) is 0 Å². The first-order valence-electron chi connectivity index (χ1n) is 7.35. The second-order valence-corrected chi connectivity index (χ2v) is 5.73. The average Bonchev–Trinajstić information content (AvgIpc) is 2.42. The van der Waals surface area contributed by atoms with Crippen LogP contribution in [0.2, 0.25) is 0 Å². The predicted octanol–water partition coefficient (Wildman–Crippen LogP) is 4.90. The van der Waals surface area contributed by atoms with E-state index >= 15 is 0 Å². The van der Waals surface area contributed by atoms with Gasteiger partial charge >= 0.3 is 5.97 Å². The Hall–Kier alpha value is -1.57. The molecule has 0 saturated carbocycles. The molecule has 110 valence electrons. The van der Waals surface area contributed by atoms with E-state index in [4.69, 9.17) is 5.11 Å². The smallest absolute Gasteiger partial charge is 0.307 e. The molecule has 0 radical (unpaired) electrons. The molecular weight excluding hydrogens is 248 g/mol. The predicted molar refractivity (Wildman–Crippen MR) is 84.6 cm³/mol. The van der Waals surface area contributed by atoms with E-state index < -0.39 is 5.97 Å². The molecule has 1 aliphatic rings. The van der Waals surface area contributed by atoms with Crippen LogP contribution in [0, 0.1) is 11.8 Å². The summed E-state index contributed by atoms with van der Waals surface area (Å²) in [5, 5.41) is 8.61. The number of hydrogen-bond acceptors (Lipinski definition) is 1. The Morgan fingerprint density at radius 1 is 1.45 bits per heavy atom. The summed E-state index contributed by atoms with van der Waals surface area (Å²) in [5.74, 6) is 0.240. The molecule has 0 aliphatic heterocycles. The summed E-state index contributed by atoms with van der Waals surface area (Å²) in [6, 6.07) is 0. The Bertz CT molecular complexity index is 452. The Labute approximate surface area is 122 Å². The van der Waals surface area contributed by atoms with Crippen LogP contribution in [-0.4, -0.2) is 11.1 Å².